The van der Waals surface area contributed by atoms with Crippen LogP contribution >= 0.6 is 23.2 Å². The third kappa shape index (κ3) is 4.67. The molecule has 0 aliphatic carbocycles. The molecule has 5 nitrogen and oxygen atoms in total. The molecule has 0 bridgehead atoms. The maximum atomic E-state index is 12.6. The van der Waals surface area contributed by atoms with Gasteiger partial charge in [0, 0.05) is 35.5 Å². The Morgan fingerprint density at radius 2 is 1.93 bits per heavy atom. The first-order valence-corrected chi connectivity index (χ1v) is 9.30. The van der Waals surface area contributed by atoms with Crippen LogP contribution in [0.25, 0.3) is 11.4 Å². The fourth-order valence-electron chi connectivity index (χ4n) is 2.72. The van der Waals surface area contributed by atoms with Crippen molar-refractivity contribution in [1.29, 1.82) is 0 Å². The molecule has 1 heterocycles. The van der Waals surface area contributed by atoms with Crippen LogP contribution in [0.4, 0.5) is 0 Å². The number of rotatable bonds is 6. The summed E-state index contributed by atoms with van der Waals surface area (Å²) in [6.07, 6.45) is 0.645. The molecular weight excluding hydrogens is 385 g/mol. The Bertz CT molecular complexity index is 928. The third-order valence-corrected chi connectivity index (χ3v) is 5.00. The van der Waals surface area contributed by atoms with E-state index in [1.54, 1.807) is 24.1 Å². The number of carbonyl (C=O) groups excluding carboxylic acids is 1. The van der Waals surface area contributed by atoms with Crippen molar-refractivity contribution in [3.8, 4) is 11.4 Å². The largest absolute Gasteiger partial charge is 0.339 e. The summed E-state index contributed by atoms with van der Waals surface area (Å²) in [6.45, 7) is 1.92. The zero-order chi connectivity index (χ0) is 19.4. The lowest BCUT2D eigenvalue weighted by Gasteiger charge is -2.26. The van der Waals surface area contributed by atoms with E-state index in [0.717, 1.165) is 11.1 Å². The maximum absolute atomic E-state index is 12.6. The first-order valence-electron chi connectivity index (χ1n) is 8.54. The summed E-state index contributed by atoms with van der Waals surface area (Å²) in [4.78, 5) is 18.6. The van der Waals surface area contributed by atoms with E-state index >= 15 is 0 Å². The zero-order valence-electron chi connectivity index (χ0n) is 15.0. The predicted molar refractivity (Wildman–Crippen MR) is 106 cm³/mol. The van der Waals surface area contributed by atoms with E-state index in [1.165, 1.54) is 0 Å². The van der Waals surface area contributed by atoms with E-state index in [2.05, 4.69) is 10.1 Å². The second kappa shape index (κ2) is 8.55. The highest BCUT2D eigenvalue weighted by Gasteiger charge is 2.20. The Morgan fingerprint density at radius 3 is 2.63 bits per heavy atom. The van der Waals surface area contributed by atoms with Crippen molar-refractivity contribution in [3.05, 3.63) is 70.0 Å². The third-order valence-electron chi connectivity index (χ3n) is 4.44. The van der Waals surface area contributed by atoms with Crippen LogP contribution in [0.3, 0.4) is 0 Å². The lowest BCUT2D eigenvalue weighted by Crippen LogP contribution is -2.30. The summed E-state index contributed by atoms with van der Waals surface area (Å²) in [5, 5.41) is 5.08. The monoisotopic (exact) mass is 403 g/mol. The number of hydrogen-bond acceptors (Lipinski definition) is 4. The van der Waals surface area contributed by atoms with Crippen LogP contribution in [0, 0.1) is 0 Å². The molecule has 0 saturated heterocycles. The fraction of sp³-hybridized carbons (Fsp3) is 0.250. The summed E-state index contributed by atoms with van der Waals surface area (Å²) >= 11 is 12.2. The minimum absolute atomic E-state index is 0.0343. The van der Waals surface area contributed by atoms with Gasteiger partial charge in [-0.05, 0) is 24.6 Å². The van der Waals surface area contributed by atoms with Crippen LogP contribution in [0.5, 0.6) is 0 Å². The number of amides is 1. The van der Waals surface area contributed by atoms with Crippen molar-refractivity contribution >= 4 is 29.1 Å². The molecule has 7 heteroatoms. The van der Waals surface area contributed by atoms with Gasteiger partial charge in [-0.2, -0.15) is 4.98 Å². The lowest BCUT2D eigenvalue weighted by atomic mass is 10.1. The van der Waals surface area contributed by atoms with Gasteiger partial charge in [-0.1, -0.05) is 64.8 Å². The highest BCUT2D eigenvalue weighted by molar-refractivity contribution is 6.35. The Labute approximate surface area is 167 Å². The number of halogens is 2. The van der Waals surface area contributed by atoms with Crippen LogP contribution in [-0.4, -0.2) is 28.0 Å². The van der Waals surface area contributed by atoms with E-state index < -0.39 is 0 Å². The van der Waals surface area contributed by atoms with Gasteiger partial charge in [0.2, 0.25) is 17.6 Å². The minimum Gasteiger partial charge on any atom is -0.339 e. The molecule has 0 aliphatic heterocycles. The normalized spacial score (nSPS) is 12.0. The standard InChI is InChI=1S/C20H19Cl2N3O2/c1-13(16-9-8-15(21)12-17(16)22)25(2)19(26)11-10-18-23-20(24-27-18)14-6-4-3-5-7-14/h3-9,12-13H,10-11H2,1-2H3. The highest BCUT2D eigenvalue weighted by Crippen LogP contribution is 2.29. The molecule has 0 radical (unpaired) electrons. The van der Waals surface area contributed by atoms with Crippen molar-refractivity contribution in [2.24, 2.45) is 0 Å². The van der Waals surface area contributed by atoms with Crippen LogP contribution in [0.15, 0.2) is 53.1 Å². The first kappa shape index (κ1) is 19.4. The molecule has 1 atom stereocenters. The van der Waals surface area contributed by atoms with Gasteiger partial charge in [-0.25, -0.2) is 0 Å². The van der Waals surface area contributed by atoms with E-state index in [0.29, 0.717) is 28.2 Å². The predicted octanol–water partition coefficient (Wildman–Crippen LogP) is 5.20. The van der Waals surface area contributed by atoms with E-state index in [-0.39, 0.29) is 18.4 Å². The molecular formula is C20H19Cl2N3O2. The SMILES string of the molecule is CC(c1ccc(Cl)cc1Cl)N(C)C(=O)CCc1nc(-c2ccccc2)no1. The maximum Gasteiger partial charge on any atom is 0.227 e. The van der Waals surface area contributed by atoms with E-state index in [9.17, 15) is 4.79 Å². The molecule has 3 rings (SSSR count). The first-order chi connectivity index (χ1) is 13.0. The van der Waals surface area contributed by atoms with Gasteiger partial charge >= 0.3 is 0 Å². The van der Waals surface area contributed by atoms with Crippen LogP contribution in [0.2, 0.25) is 10.0 Å². The lowest BCUT2D eigenvalue weighted by molar-refractivity contribution is -0.131. The van der Waals surface area contributed by atoms with Gasteiger partial charge in [0.05, 0.1) is 6.04 Å². The quantitative estimate of drug-likeness (QED) is 0.567. The van der Waals surface area contributed by atoms with Crippen molar-refractivity contribution in [2.75, 3.05) is 7.05 Å². The van der Waals surface area contributed by atoms with Crippen molar-refractivity contribution < 1.29 is 9.32 Å². The number of carbonyl (C=O) groups is 1. The summed E-state index contributed by atoms with van der Waals surface area (Å²) in [5.41, 5.74) is 1.73. The highest BCUT2D eigenvalue weighted by atomic mass is 35.5. The zero-order valence-corrected chi connectivity index (χ0v) is 16.5. The van der Waals surface area contributed by atoms with Gasteiger partial charge in [-0.3, -0.25) is 4.79 Å². The minimum atomic E-state index is -0.176. The average Bonchev–Trinajstić information content (AvgIpc) is 3.15. The van der Waals surface area contributed by atoms with E-state index in [1.807, 2.05) is 43.3 Å². The number of nitrogens with zero attached hydrogens (tertiary/aromatic N) is 3. The number of hydrogen-bond donors (Lipinski definition) is 0. The van der Waals surface area contributed by atoms with Gasteiger partial charge < -0.3 is 9.42 Å². The molecule has 0 spiro atoms. The molecule has 27 heavy (non-hydrogen) atoms. The molecule has 140 valence electrons. The molecule has 0 saturated carbocycles. The number of aryl methyl sites for hydroxylation is 1. The topological polar surface area (TPSA) is 59.2 Å². The van der Waals surface area contributed by atoms with Crippen molar-refractivity contribution in [1.82, 2.24) is 15.0 Å². The smallest absolute Gasteiger partial charge is 0.227 e. The molecule has 0 N–H and O–H groups in total. The Morgan fingerprint density at radius 1 is 1.19 bits per heavy atom. The van der Waals surface area contributed by atoms with Crippen LogP contribution < -0.4 is 0 Å². The summed E-state index contributed by atoms with van der Waals surface area (Å²) in [5.74, 6) is 0.925. The molecule has 1 aromatic heterocycles. The molecule has 0 fully saturated rings. The Hall–Kier alpha value is -2.37. The van der Waals surface area contributed by atoms with Gasteiger partial charge in [0.15, 0.2) is 0 Å². The Balaban J connectivity index is 1.61. The molecule has 2 aromatic carbocycles. The van der Waals surface area contributed by atoms with Crippen LogP contribution in [-0.2, 0) is 11.2 Å². The van der Waals surface area contributed by atoms with Crippen LogP contribution in [0.1, 0.15) is 30.8 Å². The van der Waals surface area contributed by atoms with Gasteiger partial charge in [0.25, 0.3) is 0 Å². The van der Waals surface area contributed by atoms with Crippen molar-refractivity contribution in [2.45, 2.75) is 25.8 Å². The molecule has 3 aromatic rings. The van der Waals surface area contributed by atoms with E-state index in [4.69, 9.17) is 27.7 Å². The number of aromatic nitrogens is 2. The van der Waals surface area contributed by atoms with Crippen molar-refractivity contribution in [3.63, 3.8) is 0 Å². The molecule has 1 amide bonds. The average molecular weight is 404 g/mol. The summed E-state index contributed by atoms with van der Waals surface area (Å²) in [6, 6.07) is 14.7. The molecule has 0 aliphatic rings. The van der Waals surface area contributed by atoms with Gasteiger partial charge in [-0.15, -0.1) is 0 Å². The Kier molecular flexibility index (Phi) is 6.14. The molecule has 1 unspecified atom stereocenters. The second-order valence-corrected chi connectivity index (χ2v) is 7.07. The summed E-state index contributed by atoms with van der Waals surface area (Å²) < 4.78 is 5.26. The summed E-state index contributed by atoms with van der Waals surface area (Å²) in [7, 11) is 1.75. The van der Waals surface area contributed by atoms with Gasteiger partial charge in [0.1, 0.15) is 0 Å². The second-order valence-electron chi connectivity index (χ2n) is 6.22. The number of benzene rings is 2. The fourth-order valence-corrected chi connectivity index (χ4v) is 3.28.